The van der Waals surface area contributed by atoms with Gasteiger partial charge in [0, 0.05) is 13.6 Å². The lowest BCUT2D eigenvalue weighted by molar-refractivity contribution is -0.129. The van der Waals surface area contributed by atoms with E-state index in [1.807, 2.05) is 6.92 Å². The number of rotatable bonds is 5. The van der Waals surface area contributed by atoms with E-state index in [0.29, 0.717) is 30.2 Å². The van der Waals surface area contributed by atoms with E-state index in [9.17, 15) is 13.2 Å². The Morgan fingerprint density at radius 3 is 2.58 bits per heavy atom. The van der Waals surface area contributed by atoms with Crippen LogP contribution in [-0.4, -0.2) is 45.0 Å². The van der Waals surface area contributed by atoms with E-state index < -0.39 is 15.9 Å². The van der Waals surface area contributed by atoms with Gasteiger partial charge in [-0.25, -0.2) is 0 Å². The molecule has 0 bridgehead atoms. The predicted molar refractivity (Wildman–Crippen MR) is 94.0 cm³/mol. The van der Waals surface area contributed by atoms with Crippen LogP contribution in [0.5, 0.6) is 5.75 Å². The maximum absolute atomic E-state index is 13.0. The smallest absolute Gasteiger partial charge is 0.316 e. The molecule has 0 spiro atoms. The van der Waals surface area contributed by atoms with Crippen LogP contribution in [0.15, 0.2) is 22.6 Å². The van der Waals surface area contributed by atoms with Gasteiger partial charge in [0.2, 0.25) is 5.91 Å². The summed E-state index contributed by atoms with van der Waals surface area (Å²) < 4.78 is 30.5. The minimum Gasteiger partial charge on any atom is -0.494 e. The largest absolute Gasteiger partial charge is 0.494 e. The number of nitrogens with one attached hydrogen (secondary N) is 1. The number of hydrogen-bond donors (Lipinski definition) is 1. The molecule has 0 aliphatic heterocycles. The van der Waals surface area contributed by atoms with Gasteiger partial charge in [0.1, 0.15) is 11.4 Å². The van der Waals surface area contributed by atoms with Crippen molar-refractivity contribution in [3.8, 4) is 5.75 Å². The number of likely N-dealkylation sites (N-methyl/N-ethyl adjacent to an activating group) is 1. The zero-order valence-corrected chi connectivity index (χ0v) is 15.3. The standard InChI is InChI=1S/C15H19N3O4S2/c1-4-18(14(23)16-2)13(19)15(7-8-15)10-5-6-12(22-3)11(9-10)17-24(20)21/h5-6,9H,4,7-8H2,1-3H3,(H,16,23). The molecule has 0 unspecified atom stereocenters. The highest BCUT2D eigenvalue weighted by Gasteiger charge is 2.53. The molecule has 1 aromatic rings. The minimum atomic E-state index is -2.60. The third-order valence-electron chi connectivity index (χ3n) is 4.08. The summed E-state index contributed by atoms with van der Waals surface area (Å²) in [6.45, 7) is 2.31. The Bertz CT molecular complexity index is 793. The van der Waals surface area contributed by atoms with Crippen LogP contribution in [-0.2, 0) is 20.7 Å². The molecule has 1 aliphatic carbocycles. The predicted octanol–water partition coefficient (Wildman–Crippen LogP) is 1.77. The van der Waals surface area contributed by atoms with Gasteiger partial charge in [-0.2, -0.15) is 8.42 Å². The van der Waals surface area contributed by atoms with Crippen LogP contribution in [0.3, 0.4) is 0 Å². The van der Waals surface area contributed by atoms with Crippen LogP contribution < -0.4 is 10.1 Å². The summed E-state index contributed by atoms with van der Waals surface area (Å²) in [5, 5.41) is 3.19. The molecular weight excluding hydrogens is 350 g/mol. The van der Waals surface area contributed by atoms with Crippen molar-refractivity contribution in [1.82, 2.24) is 10.2 Å². The highest BCUT2D eigenvalue weighted by atomic mass is 32.2. The third kappa shape index (κ3) is 3.41. The molecular formula is C15H19N3O4S2. The molecule has 2 rings (SSSR count). The molecule has 1 amide bonds. The van der Waals surface area contributed by atoms with Crippen LogP contribution in [0.1, 0.15) is 25.3 Å². The highest BCUT2D eigenvalue weighted by molar-refractivity contribution is 7.80. The fourth-order valence-electron chi connectivity index (χ4n) is 2.66. The lowest BCUT2D eigenvalue weighted by Crippen LogP contribution is -2.46. The maximum atomic E-state index is 13.0. The number of amides is 1. The molecule has 24 heavy (non-hydrogen) atoms. The molecule has 1 N–H and O–H groups in total. The van der Waals surface area contributed by atoms with Gasteiger partial charge in [0.05, 0.1) is 12.5 Å². The van der Waals surface area contributed by atoms with Crippen molar-refractivity contribution in [1.29, 1.82) is 0 Å². The van der Waals surface area contributed by atoms with Crippen molar-refractivity contribution in [2.24, 2.45) is 4.36 Å². The van der Waals surface area contributed by atoms with Gasteiger partial charge in [-0.15, -0.1) is 4.36 Å². The summed E-state index contributed by atoms with van der Waals surface area (Å²) in [5.41, 5.74) is 0.217. The van der Waals surface area contributed by atoms with Gasteiger partial charge in [-0.1, -0.05) is 6.07 Å². The monoisotopic (exact) mass is 369 g/mol. The van der Waals surface area contributed by atoms with E-state index in [0.717, 1.165) is 5.56 Å². The molecule has 0 atom stereocenters. The fourth-order valence-corrected chi connectivity index (χ4v) is 3.18. The average molecular weight is 369 g/mol. The second kappa shape index (κ2) is 7.27. The maximum Gasteiger partial charge on any atom is 0.316 e. The van der Waals surface area contributed by atoms with E-state index in [1.54, 1.807) is 25.2 Å². The minimum absolute atomic E-state index is 0.0938. The topological polar surface area (TPSA) is 88.1 Å². The van der Waals surface area contributed by atoms with E-state index in [-0.39, 0.29) is 11.6 Å². The lowest BCUT2D eigenvalue weighted by atomic mass is 9.93. The number of ether oxygens (including phenoxy) is 1. The molecule has 1 saturated carbocycles. The van der Waals surface area contributed by atoms with Crippen LogP contribution in [0.4, 0.5) is 5.69 Å². The number of hydrogen-bond acceptors (Lipinski definition) is 6. The van der Waals surface area contributed by atoms with Gasteiger partial charge < -0.3 is 10.1 Å². The average Bonchev–Trinajstić information content (AvgIpc) is 3.36. The second-order valence-electron chi connectivity index (χ2n) is 5.38. The molecule has 130 valence electrons. The lowest BCUT2D eigenvalue weighted by Gasteiger charge is -2.26. The van der Waals surface area contributed by atoms with Gasteiger partial charge in [-0.05, 0) is 49.7 Å². The Hall–Kier alpha value is -2.00. The Balaban J connectivity index is 2.45. The summed E-state index contributed by atoms with van der Waals surface area (Å²) in [7, 11) is 0.503. The Morgan fingerprint density at radius 1 is 1.46 bits per heavy atom. The first-order chi connectivity index (χ1) is 11.4. The molecule has 0 heterocycles. The number of benzene rings is 1. The molecule has 0 saturated heterocycles. The van der Waals surface area contributed by atoms with Crippen LogP contribution >= 0.6 is 12.2 Å². The number of carbonyl (C=O) groups excluding carboxylic acids is 1. The first-order valence-electron chi connectivity index (χ1n) is 7.43. The molecule has 1 aromatic carbocycles. The van der Waals surface area contributed by atoms with Gasteiger partial charge in [-0.3, -0.25) is 9.69 Å². The van der Waals surface area contributed by atoms with Crippen LogP contribution in [0.2, 0.25) is 0 Å². The first-order valence-corrected chi connectivity index (χ1v) is 8.87. The van der Waals surface area contributed by atoms with Gasteiger partial charge >= 0.3 is 10.5 Å². The summed E-state index contributed by atoms with van der Waals surface area (Å²) >= 11 is 5.20. The summed E-state index contributed by atoms with van der Waals surface area (Å²) in [6, 6.07) is 4.99. The van der Waals surface area contributed by atoms with Crippen molar-refractivity contribution in [3.05, 3.63) is 23.8 Å². The zero-order valence-electron chi connectivity index (χ0n) is 13.7. The fraction of sp³-hybridized carbons (Fsp3) is 0.467. The number of nitrogens with zero attached hydrogens (tertiary/aromatic N) is 2. The molecule has 1 aliphatic rings. The highest BCUT2D eigenvalue weighted by Crippen LogP contribution is 2.51. The van der Waals surface area contributed by atoms with E-state index in [1.165, 1.54) is 12.0 Å². The molecule has 9 heteroatoms. The van der Waals surface area contributed by atoms with Gasteiger partial charge in [0.25, 0.3) is 0 Å². The number of methoxy groups -OCH3 is 1. The van der Waals surface area contributed by atoms with Crippen LogP contribution in [0, 0.1) is 0 Å². The molecule has 7 nitrogen and oxygen atoms in total. The zero-order chi connectivity index (χ0) is 17.9. The van der Waals surface area contributed by atoms with E-state index in [4.69, 9.17) is 17.0 Å². The summed E-state index contributed by atoms with van der Waals surface area (Å²) in [4.78, 5) is 14.5. The summed E-state index contributed by atoms with van der Waals surface area (Å²) in [6.07, 6.45) is 1.36. The van der Waals surface area contributed by atoms with Crippen molar-refractivity contribution in [2.75, 3.05) is 20.7 Å². The Labute approximate surface area is 147 Å². The Kier molecular flexibility index (Phi) is 5.55. The van der Waals surface area contributed by atoms with Crippen molar-refractivity contribution in [2.45, 2.75) is 25.2 Å². The van der Waals surface area contributed by atoms with Crippen LogP contribution in [0.25, 0.3) is 0 Å². The van der Waals surface area contributed by atoms with Crippen molar-refractivity contribution in [3.63, 3.8) is 0 Å². The quantitative estimate of drug-likeness (QED) is 0.796. The van der Waals surface area contributed by atoms with E-state index >= 15 is 0 Å². The Morgan fingerprint density at radius 2 is 2.12 bits per heavy atom. The molecule has 0 radical (unpaired) electrons. The third-order valence-corrected chi connectivity index (χ3v) is 4.85. The number of carbonyl (C=O) groups is 1. The SMILES string of the molecule is CCN(C(=O)C1(c2ccc(OC)c(N=S(=O)=O)c2)CC1)C(=S)NC. The first kappa shape index (κ1) is 18.3. The number of thiocarbonyl (C=S) groups is 1. The van der Waals surface area contributed by atoms with Crippen molar-refractivity contribution < 1.29 is 17.9 Å². The molecule has 0 aromatic heterocycles. The van der Waals surface area contributed by atoms with Gasteiger partial charge in [0.15, 0.2) is 5.11 Å². The molecule has 1 fully saturated rings. The normalized spacial score (nSPS) is 14.5. The second-order valence-corrected chi connectivity index (χ2v) is 6.39. The van der Waals surface area contributed by atoms with E-state index in [2.05, 4.69) is 9.68 Å². The van der Waals surface area contributed by atoms with Crippen molar-refractivity contribution >= 4 is 39.4 Å². The summed E-state index contributed by atoms with van der Waals surface area (Å²) in [5.74, 6) is 0.244.